The number of nitrogens with one attached hydrogen (secondary N) is 1. The molecular formula is C19H26N4O2. The molecule has 1 saturated heterocycles. The number of aromatic nitrogens is 2. The number of aliphatic hydroxyl groups excluding tert-OH is 1. The molecule has 0 unspecified atom stereocenters. The molecular weight excluding hydrogens is 316 g/mol. The number of hydrogen-bond donors (Lipinski definition) is 2. The van der Waals surface area contributed by atoms with Crippen LogP contribution in [0, 0.1) is 6.92 Å². The first-order valence-corrected chi connectivity index (χ1v) is 8.84. The standard InChI is InChI=1S/C19H26N4O2/c1-15-5-2-7-18(11-15)25-14-17(24)12-20-16-6-4-10-23(13-16)19-8-3-9-21-22-19/h2-3,5,7-9,11,16-17,20,24H,4,6,10,12-14H2,1H3/t16-,17-/m1/s1. The first-order valence-electron chi connectivity index (χ1n) is 8.84. The molecule has 2 aromatic rings. The highest BCUT2D eigenvalue weighted by Gasteiger charge is 2.21. The molecule has 2 atom stereocenters. The van der Waals surface area contributed by atoms with E-state index in [0.29, 0.717) is 12.6 Å². The molecule has 0 spiro atoms. The van der Waals surface area contributed by atoms with E-state index >= 15 is 0 Å². The van der Waals surface area contributed by atoms with Crippen LogP contribution in [-0.2, 0) is 0 Å². The Balaban J connectivity index is 1.41. The van der Waals surface area contributed by atoms with Crippen LogP contribution in [-0.4, -0.2) is 53.7 Å². The lowest BCUT2D eigenvalue weighted by atomic mass is 10.1. The van der Waals surface area contributed by atoms with Crippen molar-refractivity contribution in [2.75, 3.05) is 31.1 Å². The fraction of sp³-hybridized carbons (Fsp3) is 0.474. The molecule has 1 fully saturated rings. The van der Waals surface area contributed by atoms with Crippen LogP contribution in [0.5, 0.6) is 5.75 Å². The third kappa shape index (κ3) is 5.41. The van der Waals surface area contributed by atoms with Crippen LogP contribution >= 0.6 is 0 Å². The third-order valence-corrected chi connectivity index (χ3v) is 4.38. The van der Waals surface area contributed by atoms with Gasteiger partial charge in [-0.2, -0.15) is 5.10 Å². The maximum atomic E-state index is 10.2. The van der Waals surface area contributed by atoms with Crippen molar-refractivity contribution in [3.05, 3.63) is 48.2 Å². The molecule has 3 rings (SSSR count). The highest BCUT2D eigenvalue weighted by molar-refractivity contribution is 5.37. The number of benzene rings is 1. The summed E-state index contributed by atoms with van der Waals surface area (Å²) in [7, 11) is 0. The molecule has 134 valence electrons. The van der Waals surface area contributed by atoms with Crippen LogP contribution < -0.4 is 15.0 Å². The summed E-state index contributed by atoms with van der Waals surface area (Å²) in [6.45, 7) is 4.71. The van der Waals surface area contributed by atoms with Gasteiger partial charge in [0.05, 0.1) is 0 Å². The Morgan fingerprint density at radius 3 is 3.08 bits per heavy atom. The zero-order valence-corrected chi connectivity index (χ0v) is 14.6. The van der Waals surface area contributed by atoms with Crippen molar-refractivity contribution >= 4 is 5.82 Å². The smallest absolute Gasteiger partial charge is 0.151 e. The zero-order valence-electron chi connectivity index (χ0n) is 14.6. The summed E-state index contributed by atoms with van der Waals surface area (Å²) < 4.78 is 5.66. The Morgan fingerprint density at radius 2 is 2.28 bits per heavy atom. The molecule has 0 radical (unpaired) electrons. The number of anilines is 1. The van der Waals surface area contributed by atoms with E-state index in [-0.39, 0.29) is 6.61 Å². The Bertz CT molecular complexity index is 653. The Hall–Kier alpha value is -2.18. The minimum atomic E-state index is -0.535. The van der Waals surface area contributed by atoms with Gasteiger partial charge in [-0.15, -0.1) is 5.10 Å². The minimum absolute atomic E-state index is 0.289. The van der Waals surface area contributed by atoms with Gasteiger partial charge in [0, 0.05) is 31.9 Å². The van der Waals surface area contributed by atoms with Gasteiger partial charge < -0.3 is 20.1 Å². The van der Waals surface area contributed by atoms with E-state index in [1.165, 1.54) is 0 Å². The summed E-state index contributed by atoms with van der Waals surface area (Å²) in [6.07, 6.45) is 3.35. The number of piperidine rings is 1. The van der Waals surface area contributed by atoms with Crippen molar-refractivity contribution in [1.82, 2.24) is 15.5 Å². The maximum Gasteiger partial charge on any atom is 0.151 e. The second-order valence-electron chi connectivity index (χ2n) is 6.56. The topological polar surface area (TPSA) is 70.5 Å². The summed E-state index contributed by atoms with van der Waals surface area (Å²) in [5.41, 5.74) is 1.15. The molecule has 6 nitrogen and oxygen atoms in total. The first kappa shape index (κ1) is 17.6. The van der Waals surface area contributed by atoms with Crippen molar-refractivity contribution < 1.29 is 9.84 Å². The van der Waals surface area contributed by atoms with Gasteiger partial charge in [0.2, 0.25) is 0 Å². The van der Waals surface area contributed by atoms with Crippen molar-refractivity contribution in [3.8, 4) is 5.75 Å². The van der Waals surface area contributed by atoms with Crippen LogP contribution in [0.25, 0.3) is 0 Å². The molecule has 6 heteroatoms. The van der Waals surface area contributed by atoms with Gasteiger partial charge >= 0.3 is 0 Å². The highest BCUT2D eigenvalue weighted by Crippen LogP contribution is 2.17. The van der Waals surface area contributed by atoms with E-state index < -0.39 is 6.10 Å². The SMILES string of the molecule is Cc1cccc(OC[C@H](O)CN[C@@H]2CCCN(c3cccnn3)C2)c1. The molecule has 0 saturated carbocycles. The molecule has 1 aliphatic rings. The maximum absolute atomic E-state index is 10.2. The molecule has 0 aliphatic carbocycles. The van der Waals surface area contributed by atoms with Crippen molar-refractivity contribution in [2.45, 2.75) is 31.9 Å². The highest BCUT2D eigenvalue weighted by atomic mass is 16.5. The molecule has 1 aliphatic heterocycles. The van der Waals surface area contributed by atoms with Crippen LogP contribution in [0.1, 0.15) is 18.4 Å². The largest absolute Gasteiger partial charge is 0.491 e. The number of rotatable bonds is 7. The number of ether oxygens (including phenoxy) is 1. The van der Waals surface area contributed by atoms with Crippen molar-refractivity contribution in [3.63, 3.8) is 0 Å². The van der Waals surface area contributed by atoms with Crippen molar-refractivity contribution in [1.29, 1.82) is 0 Å². The number of aliphatic hydroxyl groups is 1. The number of nitrogens with zero attached hydrogens (tertiary/aromatic N) is 3. The molecule has 2 N–H and O–H groups in total. The Morgan fingerprint density at radius 1 is 1.36 bits per heavy atom. The fourth-order valence-corrected chi connectivity index (χ4v) is 3.07. The van der Waals surface area contributed by atoms with Gasteiger partial charge in [0.1, 0.15) is 18.5 Å². The van der Waals surface area contributed by atoms with E-state index in [2.05, 4.69) is 20.4 Å². The number of aryl methyl sites for hydroxylation is 1. The monoisotopic (exact) mass is 342 g/mol. The summed E-state index contributed by atoms with van der Waals surface area (Å²) >= 11 is 0. The second kappa shape index (κ2) is 8.78. The third-order valence-electron chi connectivity index (χ3n) is 4.38. The molecule has 1 aromatic heterocycles. The molecule has 0 bridgehead atoms. The van der Waals surface area contributed by atoms with E-state index in [0.717, 1.165) is 43.1 Å². The lowest BCUT2D eigenvalue weighted by molar-refractivity contribution is 0.103. The van der Waals surface area contributed by atoms with Crippen LogP contribution in [0.3, 0.4) is 0 Å². The van der Waals surface area contributed by atoms with Crippen LogP contribution in [0.4, 0.5) is 5.82 Å². The number of hydrogen-bond acceptors (Lipinski definition) is 6. The Kier molecular flexibility index (Phi) is 6.19. The normalized spacial score (nSPS) is 18.8. The van der Waals surface area contributed by atoms with E-state index in [1.54, 1.807) is 6.20 Å². The minimum Gasteiger partial charge on any atom is -0.491 e. The van der Waals surface area contributed by atoms with Gasteiger partial charge in [-0.05, 0) is 49.6 Å². The Labute approximate surface area is 148 Å². The average molecular weight is 342 g/mol. The molecule has 0 amide bonds. The van der Waals surface area contributed by atoms with Gasteiger partial charge in [0.15, 0.2) is 5.82 Å². The van der Waals surface area contributed by atoms with Crippen molar-refractivity contribution in [2.24, 2.45) is 0 Å². The first-order chi connectivity index (χ1) is 12.2. The summed E-state index contributed by atoms with van der Waals surface area (Å²) in [5.74, 6) is 1.71. The lowest BCUT2D eigenvalue weighted by Gasteiger charge is -2.34. The van der Waals surface area contributed by atoms with Crippen LogP contribution in [0.15, 0.2) is 42.6 Å². The van der Waals surface area contributed by atoms with E-state index in [9.17, 15) is 5.11 Å². The summed E-state index contributed by atoms with van der Waals surface area (Å²) in [6, 6.07) is 12.1. The predicted molar refractivity (Wildman–Crippen MR) is 98.0 cm³/mol. The summed E-state index contributed by atoms with van der Waals surface area (Å²) in [5, 5.41) is 21.7. The van der Waals surface area contributed by atoms with Gasteiger partial charge in [-0.3, -0.25) is 0 Å². The average Bonchev–Trinajstić information content (AvgIpc) is 2.66. The molecule has 1 aromatic carbocycles. The quantitative estimate of drug-likeness (QED) is 0.799. The fourth-order valence-electron chi connectivity index (χ4n) is 3.07. The van der Waals surface area contributed by atoms with Gasteiger partial charge in [0.25, 0.3) is 0 Å². The van der Waals surface area contributed by atoms with Crippen LogP contribution in [0.2, 0.25) is 0 Å². The predicted octanol–water partition coefficient (Wildman–Crippen LogP) is 1.78. The molecule has 2 heterocycles. The van der Waals surface area contributed by atoms with E-state index in [4.69, 9.17) is 4.74 Å². The van der Waals surface area contributed by atoms with E-state index in [1.807, 2.05) is 43.3 Å². The van der Waals surface area contributed by atoms with Gasteiger partial charge in [-0.1, -0.05) is 12.1 Å². The lowest BCUT2D eigenvalue weighted by Crippen LogP contribution is -2.48. The van der Waals surface area contributed by atoms with Gasteiger partial charge in [-0.25, -0.2) is 0 Å². The molecule has 25 heavy (non-hydrogen) atoms. The zero-order chi connectivity index (χ0) is 17.5. The summed E-state index contributed by atoms with van der Waals surface area (Å²) in [4.78, 5) is 2.24. The second-order valence-corrected chi connectivity index (χ2v) is 6.56.